The first-order valence-corrected chi connectivity index (χ1v) is 6.84. The van der Waals surface area contributed by atoms with Crippen molar-refractivity contribution in [1.29, 1.82) is 0 Å². The van der Waals surface area contributed by atoms with Gasteiger partial charge in [0.25, 0.3) is 0 Å². The standard InChI is InChI=1S/C16H19NO2/c1-12(17-8-6-15-3-2-9-18-15)13-4-5-16-14(11-13)7-10-19-16/h2-5,9,11-12,17H,6-8,10H2,1H3. The predicted octanol–water partition coefficient (Wildman–Crippen LogP) is 3.11. The molecule has 100 valence electrons. The molecule has 2 aromatic rings. The van der Waals surface area contributed by atoms with Gasteiger partial charge in [-0.2, -0.15) is 0 Å². The van der Waals surface area contributed by atoms with Crippen LogP contribution in [0.1, 0.15) is 29.9 Å². The van der Waals surface area contributed by atoms with E-state index in [1.807, 2.05) is 12.1 Å². The SMILES string of the molecule is CC(NCCc1ccco1)c1ccc2c(c1)CCO2. The first-order valence-electron chi connectivity index (χ1n) is 6.84. The number of hydrogen-bond acceptors (Lipinski definition) is 3. The molecule has 0 radical (unpaired) electrons. The molecule has 0 saturated carbocycles. The van der Waals surface area contributed by atoms with Crippen molar-refractivity contribution in [3.05, 3.63) is 53.5 Å². The van der Waals surface area contributed by atoms with E-state index in [0.717, 1.165) is 37.5 Å². The third kappa shape index (κ3) is 2.82. The fraction of sp³-hybridized carbons (Fsp3) is 0.375. The molecule has 0 spiro atoms. The summed E-state index contributed by atoms with van der Waals surface area (Å²) < 4.78 is 10.9. The largest absolute Gasteiger partial charge is 0.493 e. The van der Waals surface area contributed by atoms with Crippen molar-refractivity contribution in [2.75, 3.05) is 13.2 Å². The summed E-state index contributed by atoms with van der Waals surface area (Å²) in [6.07, 6.45) is 3.67. The van der Waals surface area contributed by atoms with E-state index in [-0.39, 0.29) is 0 Å². The Morgan fingerprint density at radius 2 is 2.26 bits per heavy atom. The molecule has 1 N–H and O–H groups in total. The number of furan rings is 1. The second kappa shape index (κ2) is 5.49. The molecule has 1 unspecified atom stereocenters. The summed E-state index contributed by atoms with van der Waals surface area (Å²) in [4.78, 5) is 0. The van der Waals surface area contributed by atoms with Gasteiger partial charge < -0.3 is 14.5 Å². The lowest BCUT2D eigenvalue weighted by Gasteiger charge is -2.14. The van der Waals surface area contributed by atoms with Gasteiger partial charge in [-0.3, -0.25) is 0 Å². The van der Waals surface area contributed by atoms with Gasteiger partial charge >= 0.3 is 0 Å². The number of ether oxygens (including phenoxy) is 1. The van der Waals surface area contributed by atoms with Crippen LogP contribution in [0.4, 0.5) is 0 Å². The van der Waals surface area contributed by atoms with E-state index in [4.69, 9.17) is 9.15 Å². The minimum Gasteiger partial charge on any atom is -0.493 e. The van der Waals surface area contributed by atoms with Crippen LogP contribution in [0, 0.1) is 0 Å². The molecule has 19 heavy (non-hydrogen) atoms. The summed E-state index contributed by atoms with van der Waals surface area (Å²) in [6.45, 7) is 3.93. The first-order chi connectivity index (χ1) is 9.33. The van der Waals surface area contributed by atoms with E-state index in [1.54, 1.807) is 6.26 Å². The van der Waals surface area contributed by atoms with Crippen LogP contribution >= 0.6 is 0 Å². The quantitative estimate of drug-likeness (QED) is 0.893. The second-order valence-corrected chi connectivity index (χ2v) is 4.97. The highest BCUT2D eigenvalue weighted by Crippen LogP contribution is 2.28. The molecule has 2 heterocycles. The Kier molecular flexibility index (Phi) is 3.56. The lowest BCUT2D eigenvalue weighted by atomic mass is 10.0. The lowest BCUT2D eigenvalue weighted by molar-refractivity contribution is 0.356. The summed E-state index contributed by atoms with van der Waals surface area (Å²) in [5.41, 5.74) is 2.65. The second-order valence-electron chi connectivity index (χ2n) is 4.97. The molecule has 0 amide bonds. The van der Waals surface area contributed by atoms with E-state index in [2.05, 4.69) is 30.4 Å². The Hall–Kier alpha value is -1.74. The van der Waals surface area contributed by atoms with Gasteiger partial charge in [-0.1, -0.05) is 12.1 Å². The molecule has 0 fully saturated rings. The highest BCUT2D eigenvalue weighted by atomic mass is 16.5. The molecule has 0 aliphatic carbocycles. The van der Waals surface area contributed by atoms with E-state index >= 15 is 0 Å². The van der Waals surface area contributed by atoms with Gasteiger partial charge in [-0.15, -0.1) is 0 Å². The van der Waals surface area contributed by atoms with Crippen molar-refractivity contribution in [3.8, 4) is 5.75 Å². The molecule has 0 saturated heterocycles. The molecule has 0 bridgehead atoms. The average molecular weight is 257 g/mol. The lowest BCUT2D eigenvalue weighted by Crippen LogP contribution is -2.21. The molecule has 3 nitrogen and oxygen atoms in total. The third-order valence-electron chi connectivity index (χ3n) is 3.62. The summed E-state index contributed by atoms with van der Waals surface area (Å²) >= 11 is 0. The number of rotatable bonds is 5. The van der Waals surface area contributed by atoms with E-state index in [1.165, 1.54) is 11.1 Å². The van der Waals surface area contributed by atoms with Crippen LogP contribution in [0.2, 0.25) is 0 Å². The minimum absolute atomic E-state index is 0.348. The van der Waals surface area contributed by atoms with Crippen molar-refractivity contribution < 1.29 is 9.15 Å². The van der Waals surface area contributed by atoms with Crippen LogP contribution in [0.5, 0.6) is 5.75 Å². The van der Waals surface area contributed by atoms with Crippen molar-refractivity contribution in [2.45, 2.75) is 25.8 Å². The van der Waals surface area contributed by atoms with Crippen LogP contribution in [-0.2, 0) is 12.8 Å². The molecular weight excluding hydrogens is 238 g/mol. The minimum atomic E-state index is 0.348. The molecule has 1 aromatic heterocycles. The van der Waals surface area contributed by atoms with Crippen molar-refractivity contribution in [1.82, 2.24) is 5.32 Å². The molecule has 3 rings (SSSR count). The van der Waals surface area contributed by atoms with Gasteiger partial charge in [0.05, 0.1) is 12.9 Å². The molecule has 1 aromatic carbocycles. The van der Waals surface area contributed by atoms with Crippen molar-refractivity contribution in [3.63, 3.8) is 0 Å². The van der Waals surface area contributed by atoms with E-state index < -0.39 is 0 Å². The summed E-state index contributed by atoms with van der Waals surface area (Å²) in [5, 5.41) is 3.53. The smallest absolute Gasteiger partial charge is 0.122 e. The van der Waals surface area contributed by atoms with Crippen molar-refractivity contribution >= 4 is 0 Å². The fourth-order valence-corrected chi connectivity index (χ4v) is 2.46. The maximum Gasteiger partial charge on any atom is 0.122 e. The number of hydrogen-bond donors (Lipinski definition) is 1. The van der Waals surface area contributed by atoms with Crippen LogP contribution in [0.25, 0.3) is 0 Å². The zero-order chi connectivity index (χ0) is 13.1. The number of fused-ring (bicyclic) bond motifs is 1. The van der Waals surface area contributed by atoms with Crippen LogP contribution in [-0.4, -0.2) is 13.2 Å². The number of benzene rings is 1. The molecule has 1 aliphatic rings. The summed E-state index contributed by atoms with van der Waals surface area (Å²) in [7, 11) is 0. The van der Waals surface area contributed by atoms with Gasteiger partial charge in [0.1, 0.15) is 11.5 Å². The van der Waals surface area contributed by atoms with E-state index in [0.29, 0.717) is 6.04 Å². The zero-order valence-corrected chi connectivity index (χ0v) is 11.2. The van der Waals surface area contributed by atoms with Crippen molar-refractivity contribution in [2.24, 2.45) is 0 Å². The third-order valence-corrected chi connectivity index (χ3v) is 3.62. The number of nitrogens with one attached hydrogen (secondary N) is 1. The highest BCUT2D eigenvalue weighted by molar-refractivity contribution is 5.40. The monoisotopic (exact) mass is 257 g/mol. The first kappa shape index (κ1) is 12.3. The van der Waals surface area contributed by atoms with Gasteiger partial charge in [0.15, 0.2) is 0 Å². The predicted molar refractivity (Wildman–Crippen MR) is 74.5 cm³/mol. The van der Waals surface area contributed by atoms with Crippen LogP contribution in [0.15, 0.2) is 41.0 Å². The Morgan fingerprint density at radius 1 is 1.32 bits per heavy atom. The Labute approximate surface area is 113 Å². The van der Waals surface area contributed by atoms with Gasteiger partial charge in [-0.25, -0.2) is 0 Å². The Balaban J connectivity index is 1.56. The molecule has 3 heteroatoms. The normalized spacial score (nSPS) is 15.0. The Bertz CT molecular complexity index is 534. The summed E-state index contributed by atoms with van der Waals surface area (Å²) in [6, 6.07) is 10.8. The summed E-state index contributed by atoms with van der Waals surface area (Å²) in [5.74, 6) is 2.08. The molecule has 1 atom stereocenters. The van der Waals surface area contributed by atoms with E-state index in [9.17, 15) is 0 Å². The van der Waals surface area contributed by atoms with Crippen LogP contribution in [0.3, 0.4) is 0 Å². The van der Waals surface area contributed by atoms with Gasteiger partial charge in [0, 0.05) is 25.4 Å². The van der Waals surface area contributed by atoms with Gasteiger partial charge in [-0.05, 0) is 36.2 Å². The fourth-order valence-electron chi connectivity index (χ4n) is 2.46. The zero-order valence-electron chi connectivity index (χ0n) is 11.2. The van der Waals surface area contributed by atoms with Gasteiger partial charge in [0.2, 0.25) is 0 Å². The molecule has 1 aliphatic heterocycles. The maximum atomic E-state index is 5.53. The maximum absolute atomic E-state index is 5.53. The van der Waals surface area contributed by atoms with Crippen LogP contribution < -0.4 is 10.1 Å². The average Bonchev–Trinajstić information content (AvgIpc) is 3.08. The Morgan fingerprint density at radius 3 is 3.11 bits per heavy atom. The highest BCUT2D eigenvalue weighted by Gasteiger charge is 2.14. The molecular formula is C16H19NO2. The topological polar surface area (TPSA) is 34.4 Å².